The van der Waals surface area contributed by atoms with Crippen LogP contribution in [0.25, 0.3) is 0 Å². The van der Waals surface area contributed by atoms with Crippen molar-refractivity contribution in [3.63, 3.8) is 0 Å². The van der Waals surface area contributed by atoms with Gasteiger partial charge in [0.25, 0.3) is 10.0 Å². The highest BCUT2D eigenvalue weighted by Gasteiger charge is 2.36. The van der Waals surface area contributed by atoms with Gasteiger partial charge in [-0.05, 0) is 80.8 Å². The molecule has 0 spiro atoms. The van der Waals surface area contributed by atoms with Crippen LogP contribution in [-0.4, -0.2) is 50.4 Å². The highest BCUT2D eigenvalue weighted by atomic mass is 79.9. The van der Waals surface area contributed by atoms with Crippen LogP contribution in [0, 0.1) is 6.92 Å². The number of rotatable bonds is 12. The van der Waals surface area contributed by atoms with Crippen LogP contribution in [0.2, 0.25) is 0 Å². The lowest BCUT2D eigenvalue weighted by molar-refractivity contribution is -0.140. The monoisotopic (exact) mass is 705 g/mol. The van der Waals surface area contributed by atoms with E-state index in [4.69, 9.17) is 4.74 Å². The summed E-state index contributed by atoms with van der Waals surface area (Å²) in [6.45, 7) is 6.98. The number of hydrogen-bond donors (Lipinski definition) is 1. The molecule has 0 aromatic heterocycles. The maximum absolute atomic E-state index is 14.7. The molecule has 0 aliphatic heterocycles. The molecule has 0 saturated carbocycles. The van der Waals surface area contributed by atoms with Crippen molar-refractivity contribution in [3.05, 3.63) is 124 Å². The average Bonchev–Trinajstić information content (AvgIpc) is 3.02. The second-order valence-corrected chi connectivity index (χ2v) is 14.9. The van der Waals surface area contributed by atoms with Crippen LogP contribution < -0.4 is 14.4 Å². The zero-order valence-corrected chi connectivity index (χ0v) is 29.1. The van der Waals surface area contributed by atoms with Crippen LogP contribution in [0.15, 0.2) is 112 Å². The first-order chi connectivity index (χ1) is 21.8. The SMILES string of the molecule is COc1ccc(C)cc1N(CC(=O)N(Cc1ccc(Br)cc1)[C@H](Cc1ccccc1)C(=O)NC(C)(C)C)S(=O)(=O)c1ccccc1. The molecule has 4 rings (SSSR count). The smallest absolute Gasteiger partial charge is 0.264 e. The topological polar surface area (TPSA) is 96.0 Å². The zero-order valence-electron chi connectivity index (χ0n) is 26.7. The number of ether oxygens (including phenoxy) is 1. The van der Waals surface area contributed by atoms with Gasteiger partial charge >= 0.3 is 0 Å². The summed E-state index contributed by atoms with van der Waals surface area (Å²) < 4.78 is 36.1. The molecular weight excluding hydrogens is 666 g/mol. The lowest BCUT2D eigenvalue weighted by Gasteiger charge is -2.35. The number of amides is 2. The Labute approximate surface area is 280 Å². The lowest BCUT2D eigenvalue weighted by atomic mass is 10.0. The minimum Gasteiger partial charge on any atom is -0.495 e. The molecule has 2 amide bonds. The van der Waals surface area contributed by atoms with Gasteiger partial charge in [-0.3, -0.25) is 13.9 Å². The molecule has 4 aromatic rings. The van der Waals surface area contributed by atoms with Crippen molar-refractivity contribution in [1.82, 2.24) is 10.2 Å². The van der Waals surface area contributed by atoms with E-state index < -0.39 is 34.1 Å². The second-order valence-electron chi connectivity index (χ2n) is 12.1. The number of methoxy groups -OCH3 is 1. The van der Waals surface area contributed by atoms with Crippen molar-refractivity contribution in [3.8, 4) is 5.75 Å². The van der Waals surface area contributed by atoms with Crippen molar-refractivity contribution in [1.29, 1.82) is 0 Å². The van der Waals surface area contributed by atoms with Crippen molar-refractivity contribution >= 4 is 43.5 Å². The maximum atomic E-state index is 14.7. The Balaban J connectivity index is 1.85. The van der Waals surface area contributed by atoms with Gasteiger partial charge in [-0.15, -0.1) is 0 Å². The summed E-state index contributed by atoms with van der Waals surface area (Å²) in [7, 11) is -2.79. The van der Waals surface area contributed by atoms with Crippen LogP contribution in [-0.2, 0) is 32.6 Å². The largest absolute Gasteiger partial charge is 0.495 e. The van der Waals surface area contributed by atoms with Gasteiger partial charge in [0.1, 0.15) is 18.3 Å². The summed E-state index contributed by atoms with van der Waals surface area (Å²) in [5.41, 5.74) is 2.08. The molecule has 46 heavy (non-hydrogen) atoms. The molecule has 1 atom stereocenters. The Bertz CT molecular complexity index is 1740. The molecule has 0 aliphatic carbocycles. The fourth-order valence-corrected chi connectivity index (χ4v) is 6.72. The maximum Gasteiger partial charge on any atom is 0.264 e. The molecule has 0 aliphatic rings. The van der Waals surface area contributed by atoms with Crippen LogP contribution in [0.1, 0.15) is 37.5 Å². The van der Waals surface area contributed by atoms with E-state index in [0.29, 0.717) is 5.75 Å². The molecule has 0 bridgehead atoms. The number of nitrogens with one attached hydrogen (secondary N) is 1. The average molecular weight is 707 g/mol. The standard InChI is InChI=1S/C36H40BrN3O5S/c1-26-16-21-33(45-5)31(22-26)40(46(43,44)30-14-10-7-11-15-30)25-34(41)39(24-28-17-19-29(37)20-18-28)32(35(42)38-36(2,3)4)23-27-12-8-6-9-13-27/h6-22,32H,23-25H2,1-5H3,(H,38,42)/t32-/m1/s1. The third-order valence-corrected chi connectivity index (χ3v) is 9.55. The van der Waals surface area contributed by atoms with Gasteiger partial charge in [-0.2, -0.15) is 0 Å². The summed E-state index contributed by atoms with van der Waals surface area (Å²) >= 11 is 3.46. The number of halogens is 1. The minimum atomic E-state index is -4.25. The Morgan fingerprint density at radius 2 is 1.48 bits per heavy atom. The third kappa shape index (κ3) is 8.98. The second kappa shape index (κ2) is 15.0. The van der Waals surface area contributed by atoms with E-state index in [1.54, 1.807) is 30.3 Å². The summed E-state index contributed by atoms with van der Waals surface area (Å²) in [5, 5.41) is 3.04. The number of carbonyl (C=O) groups is 2. The predicted molar refractivity (Wildman–Crippen MR) is 185 cm³/mol. The first-order valence-corrected chi connectivity index (χ1v) is 17.1. The van der Waals surface area contributed by atoms with E-state index in [2.05, 4.69) is 21.2 Å². The molecule has 0 fully saturated rings. The molecule has 0 heterocycles. The number of carbonyl (C=O) groups excluding carboxylic acids is 2. The number of sulfonamides is 1. The van der Waals surface area contributed by atoms with Crippen LogP contribution in [0.5, 0.6) is 5.75 Å². The zero-order chi connectivity index (χ0) is 33.5. The molecule has 242 valence electrons. The van der Waals surface area contributed by atoms with Crippen molar-refractivity contribution in [2.24, 2.45) is 0 Å². The number of aryl methyl sites for hydroxylation is 1. The number of nitrogens with zero attached hydrogens (tertiary/aromatic N) is 2. The molecule has 4 aromatic carbocycles. The Kier molecular flexibility index (Phi) is 11.3. The fourth-order valence-electron chi connectivity index (χ4n) is 5.02. The van der Waals surface area contributed by atoms with Crippen molar-refractivity contribution in [2.75, 3.05) is 18.0 Å². The summed E-state index contributed by atoms with van der Waals surface area (Å²) in [6, 6.07) is 29.1. The van der Waals surface area contributed by atoms with Crippen LogP contribution >= 0.6 is 15.9 Å². The van der Waals surface area contributed by atoms with E-state index in [0.717, 1.165) is 25.5 Å². The van der Waals surface area contributed by atoms with E-state index >= 15 is 0 Å². The molecule has 0 unspecified atom stereocenters. The minimum absolute atomic E-state index is 0.0251. The highest BCUT2D eigenvalue weighted by molar-refractivity contribution is 9.10. The van der Waals surface area contributed by atoms with E-state index in [1.165, 1.54) is 24.1 Å². The van der Waals surface area contributed by atoms with Gasteiger partial charge in [0.15, 0.2) is 0 Å². The van der Waals surface area contributed by atoms with Gasteiger partial charge in [-0.25, -0.2) is 8.42 Å². The van der Waals surface area contributed by atoms with E-state index in [1.807, 2.05) is 88.4 Å². The number of benzene rings is 4. The Morgan fingerprint density at radius 3 is 2.07 bits per heavy atom. The summed E-state index contributed by atoms with van der Waals surface area (Å²) in [5.74, 6) is -0.591. The van der Waals surface area contributed by atoms with Gasteiger partial charge in [-0.1, -0.05) is 82.7 Å². The molecule has 1 N–H and O–H groups in total. The number of hydrogen-bond acceptors (Lipinski definition) is 5. The first kappa shape index (κ1) is 34.7. The summed E-state index contributed by atoms with van der Waals surface area (Å²) in [6.07, 6.45) is 0.226. The summed E-state index contributed by atoms with van der Waals surface area (Å²) in [4.78, 5) is 30.2. The predicted octanol–water partition coefficient (Wildman–Crippen LogP) is 6.52. The molecule has 10 heteroatoms. The van der Waals surface area contributed by atoms with Crippen molar-refractivity contribution in [2.45, 2.75) is 57.1 Å². The first-order valence-electron chi connectivity index (χ1n) is 14.9. The quantitative estimate of drug-likeness (QED) is 0.181. The Morgan fingerprint density at radius 1 is 0.870 bits per heavy atom. The Hall–Kier alpha value is -4.15. The lowest BCUT2D eigenvalue weighted by Crippen LogP contribution is -2.56. The molecule has 0 saturated heterocycles. The molecule has 0 radical (unpaired) electrons. The normalized spacial score (nSPS) is 12.2. The van der Waals surface area contributed by atoms with Gasteiger partial charge in [0, 0.05) is 23.0 Å². The van der Waals surface area contributed by atoms with Crippen molar-refractivity contribution < 1.29 is 22.7 Å². The van der Waals surface area contributed by atoms with Crippen LogP contribution in [0.4, 0.5) is 5.69 Å². The van der Waals surface area contributed by atoms with E-state index in [-0.39, 0.29) is 29.5 Å². The van der Waals surface area contributed by atoms with Gasteiger partial charge in [0.05, 0.1) is 17.7 Å². The fraction of sp³-hybridized carbons (Fsp3) is 0.278. The molecular formula is C36H40BrN3O5S. The van der Waals surface area contributed by atoms with Crippen LogP contribution in [0.3, 0.4) is 0 Å². The molecule has 8 nitrogen and oxygen atoms in total. The van der Waals surface area contributed by atoms with Gasteiger partial charge < -0.3 is 15.0 Å². The highest BCUT2D eigenvalue weighted by Crippen LogP contribution is 2.34. The third-order valence-electron chi connectivity index (χ3n) is 7.25. The van der Waals surface area contributed by atoms with Gasteiger partial charge in [0.2, 0.25) is 11.8 Å². The number of anilines is 1. The van der Waals surface area contributed by atoms with E-state index in [9.17, 15) is 18.0 Å².